The van der Waals surface area contributed by atoms with Gasteiger partial charge in [-0.2, -0.15) is 0 Å². The molecule has 0 aliphatic heterocycles. The fourth-order valence-corrected chi connectivity index (χ4v) is 3.38. The van der Waals surface area contributed by atoms with Crippen LogP contribution in [-0.2, 0) is 9.84 Å². The standard InChI is InChI=1S/C16H15N3O2S2/c1-22-16-18-17-15(12-6-4-3-5-7-12)19(16)13-8-10-14(11-9-13)23(2,20)21/h3-11H,1-2H3. The van der Waals surface area contributed by atoms with Crippen molar-refractivity contribution in [2.45, 2.75) is 10.1 Å². The summed E-state index contributed by atoms with van der Waals surface area (Å²) in [7, 11) is -3.21. The average molecular weight is 345 g/mol. The van der Waals surface area contributed by atoms with E-state index in [1.54, 1.807) is 24.3 Å². The lowest BCUT2D eigenvalue weighted by Gasteiger charge is -2.10. The first-order valence-electron chi connectivity index (χ1n) is 6.86. The molecule has 0 amide bonds. The van der Waals surface area contributed by atoms with Crippen molar-refractivity contribution in [3.05, 3.63) is 54.6 Å². The van der Waals surface area contributed by atoms with Crippen LogP contribution in [0.2, 0.25) is 0 Å². The van der Waals surface area contributed by atoms with Gasteiger partial charge in [-0.05, 0) is 30.5 Å². The van der Waals surface area contributed by atoms with Crippen molar-refractivity contribution in [3.63, 3.8) is 0 Å². The molecule has 1 aromatic heterocycles. The van der Waals surface area contributed by atoms with E-state index in [1.807, 2.05) is 41.2 Å². The van der Waals surface area contributed by atoms with Crippen molar-refractivity contribution < 1.29 is 8.42 Å². The van der Waals surface area contributed by atoms with Crippen LogP contribution in [0.15, 0.2) is 64.6 Å². The minimum Gasteiger partial charge on any atom is -0.270 e. The summed E-state index contributed by atoms with van der Waals surface area (Å²) in [4.78, 5) is 0.293. The van der Waals surface area contributed by atoms with Crippen LogP contribution in [0.4, 0.5) is 0 Å². The molecular formula is C16H15N3O2S2. The van der Waals surface area contributed by atoms with Crippen LogP contribution >= 0.6 is 11.8 Å². The van der Waals surface area contributed by atoms with E-state index in [1.165, 1.54) is 18.0 Å². The Hall–Kier alpha value is -2.12. The molecule has 0 saturated heterocycles. The van der Waals surface area contributed by atoms with E-state index in [0.717, 1.165) is 22.2 Å². The molecule has 0 aliphatic rings. The monoisotopic (exact) mass is 345 g/mol. The molecule has 0 spiro atoms. The Balaban J connectivity index is 2.14. The molecule has 0 unspecified atom stereocenters. The quantitative estimate of drug-likeness (QED) is 0.680. The molecule has 7 heteroatoms. The molecule has 0 bridgehead atoms. The zero-order valence-electron chi connectivity index (χ0n) is 12.7. The van der Waals surface area contributed by atoms with E-state index in [-0.39, 0.29) is 0 Å². The Morgan fingerprint density at radius 3 is 2.17 bits per heavy atom. The number of benzene rings is 2. The van der Waals surface area contributed by atoms with Gasteiger partial charge in [0.15, 0.2) is 20.8 Å². The lowest BCUT2D eigenvalue weighted by Crippen LogP contribution is -2.01. The van der Waals surface area contributed by atoms with E-state index in [4.69, 9.17) is 0 Å². The van der Waals surface area contributed by atoms with Gasteiger partial charge in [-0.1, -0.05) is 42.1 Å². The third-order valence-electron chi connectivity index (χ3n) is 3.37. The summed E-state index contributed by atoms with van der Waals surface area (Å²) < 4.78 is 25.1. The third-order valence-corrected chi connectivity index (χ3v) is 5.13. The van der Waals surface area contributed by atoms with E-state index < -0.39 is 9.84 Å². The molecule has 2 aromatic carbocycles. The number of sulfone groups is 1. The molecule has 0 aliphatic carbocycles. The lowest BCUT2D eigenvalue weighted by atomic mass is 10.2. The van der Waals surface area contributed by atoms with Crippen molar-refractivity contribution in [1.82, 2.24) is 14.8 Å². The Labute approximate surface area is 139 Å². The van der Waals surface area contributed by atoms with Crippen LogP contribution in [-0.4, -0.2) is 35.7 Å². The van der Waals surface area contributed by atoms with E-state index >= 15 is 0 Å². The van der Waals surface area contributed by atoms with Crippen LogP contribution in [0.1, 0.15) is 0 Å². The molecule has 0 N–H and O–H groups in total. The second-order valence-corrected chi connectivity index (χ2v) is 7.77. The van der Waals surface area contributed by atoms with Crippen LogP contribution in [0.3, 0.4) is 0 Å². The molecule has 23 heavy (non-hydrogen) atoms. The second-order valence-electron chi connectivity index (χ2n) is 4.98. The maximum atomic E-state index is 11.6. The molecule has 118 valence electrons. The fourth-order valence-electron chi connectivity index (χ4n) is 2.25. The minimum atomic E-state index is -3.21. The summed E-state index contributed by atoms with van der Waals surface area (Å²) in [5.74, 6) is 0.724. The molecule has 5 nitrogen and oxygen atoms in total. The highest BCUT2D eigenvalue weighted by Crippen LogP contribution is 2.27. The SMILES string of the molecule is CSc1nnc(-c2ccccc2)n1-c1ccc(S(C)(=O)=O)cc1. The van der Waals surface area contributed by atoms with Crippen LogP contribution in [0, 0.1) is 0 Å². The zero-order valence-corrected chi connectivity index (χ0v) is 14.3. The Morgan fingerprint density at radius 1 is 0.957 bits per heavy atom. The first kappa shape index (κ1) is 15.8. The van der Waals surface area contributed by atoms with Crippen molar-refractivity contribution in [2.75, 3.05) is 12.5 Å². The van der Waals surface area contributed by atoms with E-state index in [9.17, 15) is 8.42 Å². The summed E-state index contributed by atoms with van der Waals surface area (Å²) in [5.41, 5.74) is 1.78. The molecular weight excluding hydrogens is 330 g/mol. The Kier molecular flexibility index (Phi) is 4.23. The number of hydrogen-bond acceptors (Lipinski definition) is 5. The van der Waals surface area contributed by atoms with E-state index in [2.05, 4.69) is 10.2 Å². The largest absolute Gasteiger partial charge is 0.270 e. The van der Waals surface area contributed by atoms with Crippen molar-refractivity contribution in [1.29, 1.82) is 0 Å². The van der Waals surface area contributed by atoms with Gasteiger partial charge in [0.1, 0.15) is 0 Å². The minimum absolute atomic E-state index is 0.293. The van der Waals surface area contributed by atoms with Crippen LogP contribution < -0.4 is 0 Å². The first-order valence-corrected chi connectivity index (χ1v) is 9.97. The number of rotatable bonds is 4. The van der Waals surface area contributed by atoms with Gasteiger partial charge in [-0.25, -0.2) is 8.42 Å². The zero-order chi connectivity index (χ0) is 16.4. The summed E-state index contributed by atoms with van der Waals surface area (Å²) >= 11 is 1.49. The van der Waals surface area contributed by atoms with E-state index in [0.29, 0.717) is 4.90 Å². The molecule has 0 saturated carbocycles. The lowest BCUT2D eigenvalue weighted by molar-refractivity contribution is 0.602. The summed E-state index contributed by atoms with van der Waals surface area (Å²) in [6, 6.07) is 16.5. The summed E-state index contributed by atoms with van der Waals surface area (Å²) in [6.45, 7) is 0. The maximum absolute atomic E-state index is 11.6. The van der Waals surface area contributed by atoms with Crippen molar-refractivity contribution >= 4 is 21.6 Å². The fraction of sp³-hybridized carbons (Fsp3) is 0.125. The first-order chi connectivity index (χ1) is 11.0. The number of hydrogen-bond donors (Lipinski definition) is 0. The van der Waals surface area contributed by atoms with Gasteiger partial charge in [-0.15, -0.1) is 10.2 Å². The average Bonchev–Trinajstić information content (AvgIpc) is 2.99. The molecule has 0 radical (unpaired) electrons. The van der Waals surface area contributed by atoms with Gasteiger partial charge in [0.05, 0.1) is 4.90 Å². The predicted octanol–water partition coefficient (Wildman–Crippen LogP) is 3.06. The highest BCUT2D eigenvalue weighted by Gasteiger charge is 2.15. The Bertz CT molecular complexity index is 918. The van der Waals surface area contributed by atoms with Gasteiger partial charge < -0.3 is 0 Å². The third kappa shape index (κ3) is 3.16. The van der Waals surface area contributed by atoms with Crippen molar-refractivity contribution in [2.24, 2.45) is 0 Å². The molecule has 3 aromatic rings. The highest BCUT2D eigenvalue weighted by atomic mass is 32.2. The number of aromatic nitrogens is 3. The smallest absolute Gasteiger partial charge is 0.195 e. The Morgan fingerprint density at radius 2 is 1.61 bits per heavy atom. The molecule has 3 rings (SSSR count). The van der Waals surface area contributed by atoms with Crippen LogP contribution in [0.25, 0.3) is 17.1 Å². The van der Waals surface area contributed by atoms with Gasteiger partial charge >= 0.3 is 0 Å². The predicted molar refractivity (Wildman–Crippen MR) is 91.7 cm³/mol. The highest BCUT2D eigenvalue weighted by molar-refractivity contribution is 7.98. The van der Waals surface area contributed by atoms with Gasteiger partial charge in [-0.3, -0.25) is 4.57 Å². The topological polar surface area (TPSA) is 64.8 Å². The number of thioether (sulfide) groups is 1. The van der Waals surface area contributed by atoms with Gasteiger partial charge in [0, 0.05) is 17.5 Å². The van der Waals surface area contributed by atoms with Crippen LogP contribution in [0.5, 0.6) is 0 Å². The van der Waals surface area contributed by atoms with Gasteiger partial charge in [0.25, 0.3) is 0 Å². The summed E-state index contributed by atoms with van der Waals surface area (Å²) in [5, 5.41) is 9.24. The summed E-state index contributed by atoms with van der Waals surface area (Å²) in [6.07, 6.45) is 3.13. The van der Waals surface area contributed by atoms with Gasteiger partial charge in [0.2, 0.25) is 0 Å². The molecule has 0 fully saturated rings. The molecule has 0 atom stereocenters. The maximum Gasteiger partial charge on any atom is 0.195 e. The number of nitrogens with zero attached hydrogens (tertiary/aromatic N) is 3. The molecule has 1 heterocycles. The second kappa shape index (κ2) is 6.17. The normalized spacial score (nSPS) is 11.6. The van der Waals surface area contributed by atoms with Crippen molar-refractivity contribution in [3.8, 4) is 17.1 Å².